The number of aromatic nitrogens is 1. The minimum absolute atomic E-state index is 0.0985. The van der Waals surface area contributed by atoms with E-state index in [2.05, 4.69) is 10.3 Å². The van der Waals surface area contributed by atoms with E-state index in [4.69, 9.17) is 19.2 Å². The number of rotatable bonds is 6. The maximum absolute atomic E-state index is 14.3. The van der Waals surface area contributed by atoms with Gasteiger partial charge in [-0.3, -0.25) is 9.69 Å². The molecule has 2 aliphatic heterocycles. The van der Waals surface area contributed by atoms with Gasteiger partial charge in [-0.05, 0) is 24.6 Å². The van der Waals surface area contributed by atoms with Gasteiger partial charge in [-0.15, -0.1) is 11.3 Å². The van der Waals surface area contributed by atoms with Crippen LogP contribution in [-0.2, 0) is 29.3 Å². The fraction of sp³-hybridized carbons (Fsp3) is 0.391. The molecule has 0 radical (unpaired) electrons. The second kappa shape index (κ2) is 10.2. The standard InChI is InChI=1S/C23H24F2N4O5S/c1-23(13-4-5-14(24)15(25)10-13)18(22(31)33-3)16(27-19(28-23)20-26-6-9-35-20)11-29-7-8-34-12-17(29)21(30)32-2/h4-6,9-10,17H,7-8,11-12H2,1-3H3,(H,27,28)/t17-,23?/m0/s1. The fourth-order valence-electron chi connectivity index (χ4n) is 4.18. The van der Waals surface area contributed by atoms with Gasteiger partial charge >= 0.3 is 11.9 Å². The minimum atomic E-state index is -1.45. The number of ether oxygens (including phenoxy) is 3. The van der Waals surface area contributed by atoms with Crippen molar-refractivity contribution in [1.82, 2.24) is 15.2 Å². The molecule has 1 unspecified atom stereocenters. The van der Waals surface area contributed by atoms with Crippen LogP contribution in [0.5, 0.6) is 0 Å². The van der Waals surface area contributed by atoms with Crippen LogP contribution in [0.2, 0.25) is 0 Å². The smallest absolute Gasteiger partial charge is 0.338 e. The summed E-state index contributed by atoms with van der Waals surface area (Å²) in [4.78, 5) is 36.3. The maximum atomic E-state index is 14.3. The molecule has 1 fully saturated rings. The molecule has 0 amide bonds. The summed E-state index contributed by atoms with van der Waals surface area (Å²) in [7, 11) is 2.52. The number of benzene rings is 1. The van der Waals surface area contributed by atoms with E-state index < -0.39 is 35.2 Å². The van der Waals surface area contributed by atoms with Crippen molar-refractivity contribution in [3.05, 3.63) is 63.3 Å². The lowest BCUT2D eigenvalue weighted by Gasteiger charge is -2.38. The van der Waals surface area contributed by atoms with E-state index >= 15 is 0 Å². The number of halogens is 2. The third kappa shape index (κ3) is 4.81. The highest BCUT2D eigenvalue weighted by atomic mass is 32.1. The van der Waals surface area contributed by atoms with E-state index in [9.17, 15) is 18.4 Å². The molecule has 0 saturated carbocycles. The number of morpholine rings is 1. The van der Waals surface area contributed by atoms with Crippen LogP contribution in [0.1, 0.15) is 17.5 Å². The molecule has 2 aliphatic rings. The van der Waals surface area contributed by atoms with Crippen LogP contribution in [0.3, 0.4) is 0 Å². The minimum Gasteiger partial charge on any atom is -0.468 e. The van der Waals surface area contributed by atoms with Crippen molar-refractivity contribution in [2.24, 2.45) is 4.99 Å². The summed E-state index contributed by atoms with van der Waals surface area (Å²) in [5, 5.41) is 5.47. The molecule has 1 N–H and O–H groups in total. The van der Waals surface area contributed by atoms with Crippen LogP contribution in [0.4, 0.5) is 8.78 Å². The third-order valence-electron chi connectivity index (χ3n) is 5.97. The Morgan fingerprint density at radius 3 is 2.74 bits per heavy atom. The van der Waals surface area contributed by atoms with Gasteiger partial charge in [-0.1, -0.05) is 6.07 Å². The van der Waals surface area contributed by atoms with Crippen molar-refractivity contribution >= 4 is 29.1 Å². The highest BCUT2D eigenvalue weighted by Crippen LogP contribution is 2.39. The SMILES string of the molecule is COC(=O)C1=C(CN2CCOC[C@H]2C(=O)OC)NC(c2nccs2)=NC1(C)c1ccc(F)c(F)c1. The van der Waals surface area contributed by atoms with Crippen LogP contribution in [-0.4, -0.2) is 74.2 Å². The van der Waals surface area contributed by atoms with Crippen molar-refractivity contribution in [3.63, 3.8) is 0 Å². The average molecular weight is 507 g/mol. The van der Waals surface area contributed by atoms with Crippen molar-refractivity contribution in [2.75, 3.05) is 40.5 Å². The molecule has 1 aromatic carbocycles. The van der Waals surface area contributed by atoms with Crippen LogP contribution in [0, 0.1) is 11.6 Å². The molecule has 186 valence electrons. The fourth-order valence-corrected chi connectivity index (χ4v) is 4.76. The lowest BCUT2D eigenvalue weighted by Crippen LogP contribution is -2.53. The number of amidine groups is 1. The average Bonchev–Trinajstić information content (AvgIpc) is 3.40. The first-order valence-corrected chi connectivity index (χ1v) is 11.6. The first-order valence-electron chi connectivity index (χ1n) is 10.7. The Balaban J connectivity index is 1.87. The van der Waals surface area contributed by atoms with E-state index in [1.54, 1.807) is 18.5 Å². The van der Waals surface area contributed by atoms with Crippen LogP contribution in [0.25, 0.3) is 0 Å². The van der Waals surface area contributed by atoms with Gasteiger partial charge in [0.1, 0.15) is 11.6 Å². The molecule has 1 aromatic heterocycles. The third-order valence-corrected chi connectivity index (χ3v) is 6.75. The zero-order chi connectivity index (χ0) is 25.2. The van der Waals surface area contributed by atoms with Gasteiger partial charge in [0.15, 0.2) is 22.5 Å². The number of carbonyl (C=O) groups excluding carboxylic acids is 2. The van der Waals surface area contributed by atoms with Crippen molar-refractivity contribution < 1.29 is 32.6 Å². The molecular formula is C23H24F2N4O5S. The van der Waals surface area contributed by atoms with E-state index in [1.807, 2.05) is 4.90 Å². The number of carbonyl (C=O) groups is 2. The molecule has 3 heterocycles. The van der Waals surface area contributed by atoms with Crippen LogP contribution in [0.15, 0.2) is 46.0 Å². The lowest BCUT2D eigenvalue weighted by atomic mass is 9.82. The number of hydrogen-bond donors (Lipinski definition) is 1. The topological polar surface area (TPSA) is 102 Å². The maximum Gasteiger partial charge on any atom is 0.338 e. The molecule has 1 saturated heterocycles. The molecule has 0 spiro atoms. The molecule has 9 nitrogen and oxygen atoms in total. The number of methoxy groups -OCH3 is 2. The Bertz CT molecular complexity index is 1190. The van der Waals surface area contributed by atoms with E-state index in [-0.39, 0.29) is 24.3 Å². The summed E-state index contributed by atoms with van der Waals surface area (Å²) in [5.74, 6) is -2.92. The van der Waals surface area contributed by atoms with E-state index in [0.29, 0.717) is 29.7 Å². The second-order valence-corrected chi connectivity index (χ2v) is 8.95. The largest absolute Gasteiger partial charge is 0.468 e. The van der Waals surface area contributed by atoms with Crippen molar-refractivity contribution in [2.45, 2.75) is 18.5 Å². The van der Waals surface area contributed by atoms with Crippen molar-refractivity contribution in [3.8, 4) is 0 Å². The molecule has 2 aromatic rings. The van der Waals surface area contributed by atoms with Gasteiger partial charge < -0.3 is 19.5 Å². The number of hydrogen-bond acceptors (Lipinski definition) is 10. The number of thiazole rings is 1. The number of nitrogens with zero attached hydrogens (tertiary/aromatic N) is 3. The predicted molar refractivity (Wildman–Crippen MR) is 123 cm³/mol. The Morgan fingerprint density at radius 2 is 2.09 bits per heavy atom. The summed E-state index contributed by atoms with van der Waals surface area (Å²) in [5.41, 5.74) is -0.714. The zero-order valence-electron chi connectivity index (χ0n) is 19.3. The normalized spacial score (nSPS) is 22.9. The first-order chi connectivity index (χ1) is 16.8. The van der Waals surface area contributed by atoms with Gasteiger partial charge in [-0.25, -0.2) is 23.6 Å². The van der Waals surface area contributed by atoms with E-state index in [0.717, 1.165) is 12.1 Å². The summed E-state index contributed by atoms with van der Waals surface area (Å²) in [6.07, 6.45) is 1.60. The zero-order valence-corrected chi connectivity index (χ0v) is 20.2. The summed E-state index contributed by atoms with van der Waals surface area (Å²) < 4.78 is 43.5. The Kier molecular flexibility index (Phi) is 7.24. The van der Waals surface area contributed by atoms with Gasteiger partial charge in [0.2, 0.25) is 0 Å². The summed E-state index contributed by atoms with van der Waals surface area (Å²) in [6.45, 7) is 2.63. The Hall–Kier alpha value is -3.22. The van der Waals surface area contributed by atoms with Crippen LogP contribution < -0.4 is 5.32 Å². The quantitative estimate of drug-likeness (QED) is 0.594. The van der Waals surface area contributed by atoms with Crippen LogP contribution >= 0.6 is 11.3 Å². The van der Waals surface area contributed by atoms with Gasteiger partial charge in [0, 0.05) is 30.4 Å². The Labute approximate surface area is 204 Å². The molecule has 0 bridgehead atoms. The molecule has 35 heavy (non-hydrogen) atoms. The predicted octanol–water partition coefficient (Wildman–Crippen LogP) is 1.99. The van der Waals surface area contributed by atoms with Gasteiger partial charge in [0.25, 0.3) is 0 Å². The molecule has 2 atom stereocenters. The summed E-state index contributed by atoms with van der Waals surface area (Å²) in [6, 6.07) is 2.68. The lowest BCUT2D eigenvalue weighted by molar-refractivity contribution is -0.152. The van der Waals surface area contributed by atoms with Gasteiger partial charge in [0.05, 0.1) is 33.0 Å². The monoisotopic (exact) mass is 506 g/mol. The molecule has 12 heteroatoms. The first kappa shape index (κ1) is 24.9. The number of aliphatic imine (C=N–C) groups is 1. The molecule has 4 rings (SSSR count). The number of nitrogens with one attached hydrogen (secondary N) is 1. The van der Waals surface area contributed by atoms with Gasteiger partial charge in [-0.2, -0.15) is 0 Å². The highest BCUT2D eigenvalue weighted by molar-refractivity contribution is 7.11. The van der Waals surface area contributed by atoms with E-state index in [1.165, 1.54) is 31.6 Å². The number of esters is 2. The van der Waals surface area contributed by atoms with Crippen molar-refractivity contribution in [1.29, 1.82) is 0 Å². The Morgan fingerprint density at radius 1 is 1.29 bits per heavy atom. The second-order valence-electron chi connectivity index (χ2n) is 8.05. The molecule has 0 aliphatic carbocycles. The molecular weight excluding hydrogens is 482 g/mol. The summed E-state index contributed by atoms with van der Waals surface area (Å²) >= 11 is 1.32. The highest BCUT2D eigenvalue weighted by Gasteiger charge is 2.44.